The van der Waals surface area contributed by atoms with Gasteiger partial charge in [-0.1, -0.05) is 29.3 Å². The normalized spacial score (nSPS) is 10.1. The van der Waals surface area contributed by atoms with Gasteiger partial charge in [0.2, 0.25) is 5.91 Å². The van der Waals surface area contributed by atoms with Crippen molar-refractivity contribution >= 4 is 46.7 Å². The van der Waals surface area contributed by atoms with E-state index >= 15 is 0 Å². The highest BCUT2D eigenvalue weighted by Crippen LogP contribution is 2.21. The van der Waals surface area contributed by atoms with E-state index in [1.807, 2.05) is 0 Å². The predicted molar refractivity (Wildman–Crippen MR) is 99.3 cm³/mol. The average Bonchev–Trinajstić information content (AvgIpc) is 2.59. The molecule has 26 heavy (non-hydrogen) atoms. The number of hydrogen-bond donors (Lipinski definition) is 2. The van der Waals surface area contributed by atoms with Crippen LogP contribution < -0.4 is 10.6 Å². The smallest absolute Gasteiger partial charge is 0.325 e. The van der Waals surface area contributed by atoms with Gasteiger partial charge in [0, 0.05) is 33.8 Å². The summed E-state index contributed by atoms with van der Waals surface area (Å²) >= 11 is 11.8. The Morgan fingerprint density at radius 3 is 2.35 bits per heavy atom. The molecule has 0 unspecified atom stereocenters. The first-order valence-electron chi connectivity index (χ1n) is 7.60. The number of rotatable bonds is 6. The lowest BCUT2D eigenvalue weighted by Gasteiger charge is -2.08. The third kappa shape index (κ3) is 6.06. The number of anilines is 1. The van der Waals surface area contributed by atoms with Crippen LogP contribution in [0.4, 0.5) is 5.69 Å². The fourth-order valence-electron chi connectivity index (χ4n) is 2.01. The highest BCUT2D eigenvalue weighted by Gasteiger charge is 2.10. The fraction of sp³-hybridized carbons (Fsp3) is 0.167. The number of carbonyl (C=O) groups excluding carboxylic acids is 3. The zero-order valence-electron chi connectivity index (χ0n) is 13.8. The van der Waals surface area contributed by atoms with Crippen LogP contribution in [0.3, 0.4) is 0 Å². The summed E-state index contributed by atoms with van der Waals surface area (Å²) in [4.78, 5) is 34.7. The summed E-state index contributed by atoms with van der Waals surface area (Å²) in [5, 5.41) is 5.95. The Bertz CT molecular complexity index is 822. The van der Waals surface area contributed by atoms with E-state index in [4.69, 9.17) is 27.9 Å². The molecule has 0 saturated carbocycles. The van der Waals surface area contributed by atoms with E-state index in [9.17, 15) is 14.4 Å². The highest BCUT2D eigenvalue weighted by atomic mass is 35.5. The molecule has 136 valence electrons. The summed E-state index contributed by atoms with van der Waals surface area (Å²) in [5.41, 5.74) is 1.55. The van der Waals surface area contributed by atoms with Crippen molar-refractivity contribution in [2.24, 2.45) is 0 Å². The van der Waals surface area contributed by atoms with E-state index in [1.54, 1.807) is 42.5 Å². The van der Waals surface area contributed by atoms with Crippen molar-refractivity contribution in [3.8, 4) is 0 Å². The molecule has 2 rings (SSSR count). The Hall–Kier alpha value is -2.57. The molecule has 2 amide bonds. The fourth-order valence-corrected chi connectivity index (χ4v) is 2.47. The Labute approximate surface area is 160 Å². The van der Waals surface area contributed by atoms with Gasteiger partial charge in [0.1, 0.15) is 13.2 Å². The number of hydrogen-bond acceptors (Lipinski definition) is 4. The van der Waals surface area contributed by atoms with Gasteiger partial charge in [-0.2, -0.15) is 0 Å². The Kier molecular flexibility index (Phi) is 7.00. The Morgan fingerprint density at radius 1 is 1.04 bits per heavy atom. The van der Waals surface area contributed by atoms with Crippen molar-refractivity contribution in [1.82, 2.24) is 5.32 Å². The SMILES string of the molecule is CC(=O)Nc1ccc(C(=O)NCC(=O)OCc2ccc(Cl)cc2Cl)cc1. The number of nitrogens with one attached hydrogen (secondary N) is 2. The van der Waals surface area contributed by atoms with Gasteiger partial charge < -0.3 is 15.4 Å². The number of amides is 2. The minimum atomic E-state index is -0.598. The van der Waals surface area contributed by atoms with Crippen molar-refractivity contribution in [2.75, 3.05) is 11.9 Å². The molecule has 2 aromatic carbocycles. The molecule has 0 atom stereocenters. The minimum Gasteiger partial charge on any atom is -0.459 e. The number of carbonyl (C=O) groups is 3. The molecule has 0 spiro atoms. The minimum absolute atomic E-state index is 0.0177. The second-order valence-corrected chi connectivity index (χ2v) is 6.18. The Morgan fingerprint density at radius 2 is 1.73 bits per heavy atom. The molecule has 0 fully saturated rings. The van der Waals surface area contributed by atoms with E-state index in [1.165, 1.54) is 6.92 Å². The van der Waals surface area contributed by atoms with E-state index in [2.05, 4.69) is 10.6 Å². The van der Waals surface area contributed by atoms with Gasteiger partial charge in [-0.15, -0.1) is 0 Å². The van der Waals surface area contributed by atoms with Crippen LogP contribution in [0.15, 0.2) is 42.5 Å². The molecule has 0 aliphatic carbocycles. The summed E-state index contributed by atoms with van der Waals surface area (Å²) in [6.07, 6.45) is 0. The first-order valence-corrected chi connectivity index (χ1v) is 8.36. The van der Waals surface area contributed by atoms with Gasteiger partial charge in [-0.05, 0) is 36.4 Å². The van der Waals surface area contributed by atoms with Crippen LogP contribution in [-0.4, -0.2) is 24.3 Å². The molecule has 0 saturated heterocycles. The van der Waals surface area contributed by atoms with E-state index in [-0.39, 0.29) is 19.1 Å². The van der Waals surface area contributed by atoms with Gasteiger partial charge in [0.05, 0.1) is 0 Å². The molecule has 0 aliphatic rings. The summed E-state index contributed by atoms with van der Waals surface area (Å²) in [6, 6.07) is 11.1. The molecule has 6 nitrogen and oxygen atoms in total. The lowest BCUT2D eigenvalue weighted by Crippen LogP contribution is -2.30. The summed E-state index contributed by atoms with van der Waals surface area (Å²) in [7, 11) is 0. The zero-order chi connectivity index (χ0) is 19.1. The third-order valence-electron chi connectivity index (χ3n) is 3.26. The number of ether oxygens (including phenoxy) is 1. The van der Waals surface area contributed by atoms with Gasteiger partial charge >= 0.3 is 5.97 Å². The topological polar surface area (TPSA) is 84.5 Å². The maximum atomic E-state index is 12.0. The third-order valence-corrected chi connectivity index (χ3v) is 3.85. The maximum absolute atomic E-state index is 12.0. The Balaban J connectivity index is 1.81. The lowest BCUT2D eigenvalue weighted by molar-refractivity contribution is -0.143. The maximum Gasteiger partial charge on any atom is 0.325 e. The van der Waals surface area contributed by atoms with Crippen LogP contribution in [0.1, 0.15) is 22.8 Å². The van der Waals surface area contributed by atoms with E-state index < -0.39 is 11.9 Å². The molecule has 2 aromatic rings. The van der Waals surface area contributed by atoms with E-state index in [0.29, 0.717) is 26.9 Å². The first kappa shape index (κ1) is 19.8. The van der Waals surface area contributed by atoms with Crippen LogP contribution in [0.2, 0.25) is 10.0 Å². The van der Waals surface area contributed by atoms with E-state index in [0.717, 1.165) is 0 Å². The van der Waals surface area contributed by atoms with Gasteiger partial charge in [-0.25, -0.2) is 0 Å². The van der Waals surface area contributed by atoms with Crippen LogP contribution in [0, 0.1) is 0 Å². The number of benzene rings is 2. The number of esters is 1. The van der Waals surface area contributed by atoms with Crippen molar-refractivity contribution < 1.29 is 19.1 Å². The largest absolute Gasteiger partial charge is 0.459 e. The van der Waals surface area contributed by atoms with Crippen LogP contribution in [-0.2, 0) is 20.9 Å². The van der Waals surface area contributed by atoms with Crippen molar-refractivity contribution in [1.29, 1.82) is 0 Å². The quantitative estimate of drug-likeness (QED) is 0.735. The van der Waals surface area contributed by atoms with Gasteiger partial charge in [-0.3, -0.25) is 14.4 Å². The molecular weight excluding hydrogens is 379 g/mol. The molecule has 0 radical (unpaired) electrons. The second-order valence-electron chi connectivity index (χ2n) is 5.34. The molecule has 0 bridgehead atoms. The summed E-state index contributed by atoms with van der Waals surface area (Å²) < 4.78 is 5.07. The van der Waals surface area contributed by atoms with Crippen LogP contribution in [0.5, 0.6) is 0 Å². The predicted octanol–water partition coefficient (Wildman–Crippen LogP) is 3.43. The molecule has 0 heterocycles. The standard InChI is InChI=1S/C18H16Cl2N2O4/c1-11(23)22-15-6-3-12(4-7-15)18(25)21-9-17(24)26-10-13-2-5-14(19)8-16(13)20/h2-8H,9-10H2,1H3,(H,21,25)(H,22,23). The average molecular weight is 395 g/mol. The first-order chi connectivity index (χ1) is 12.3. The highest BCUT2D eigenvalue weighted by molar-refractivity contribution is 6.35. The van der Waals surface area contributed by atoms with Crippen molar-refractivity contribution in [2.45, 2.75) is 13.5 Å². The lowest BCUT2D eigenvalue weighted by atomic mass is 10.2. The second kappa shape index (κ2) is 9.22. The molecule has 0 aliphatic heterocycles. The molecular formula is C18H16Cl2N2O4. The summed E-state index contributed by atoms with van der Waals surface area (Å²) in [5.74, 6) is -1.23. The van der Waals surface area contributed by atoms with Gasteiger partial charge in [0.25, 0.3) is 5.91 Å². The van der Waals surface area contributed by atoms with Crippen LogP contribution in [0.25, 0.3) is 0 Å². The van der Waals surface area contributed by atoms with Crippen LogP contribution >= 0.6 is 23.2 Å². The molecule has 8 heteroatoms. The summed E-state index contributed by atoms with van der Waals surface area (Å²) in [6.45, 7) is 1.09. The number of halogens is 2. The monoisotopic (exact) mass is 394 g/mol. The van der Waals surface area contributed by atoms with Crippen molar-refractivity contribution in [3.63, 3.8) is 0 Å². The zero-order valence-corrected chi connectivity index (χ0v) is 15.4. The van der Waals surface area contributed by atoms with Crippen molar-refractivity contribution in [3.05, 3.63) is 63.6 Å². The van der Waals surface area contributed by atoms with Gasteiger partial charge in [0.15, 0.2) is 0 Å². The molecule has 2 N–H and O–H groups in total. The molecule has 0 aromatic heterocycles.